The van der Waals surface area contributed by atoms with Gasteiger partial charge in [0.1, 0.15) is 5.69 Å². The third-order valence-electron chi connectivity index (χ3n) is 2.29. The molecule has 2 aromatic rings. The van der Waals surface area contributed by atoms with Gasteiger partial charge in [0, 0.05) is 38.4 Å². The molecule has 0 amide bonds. The van der Waals surface area contributed by atoms with Crippen LogP contribution in [0.25, 0.3) is 11.4 Å². The lowest BCUT2D eigenvalue weighted by Crippen LogP contribution is -2.07. The van der Waals surface area contributed by atoms with E-state index >= 15 is 0 Å². The number of hydrogen-bond acceptors (Lipinski definition) is 5. The quantitative estimate of drug-likeness (QED) is 0.751. The van der Waals surface area contributed by atoms with Gasteiger partial charge in [0.25, 0.3) is 0 Å². The molecular weight excluding hydrogens is 218 g/mol. The van der Waals surface area contributed by atoms with Gasteiger partial charge in [-0.15, -0.1) is 0 Å². The summed E-state index contributed by atoms with van der Waals surface area (Å²) in [5.41, 5.74) is 1.60. The highest BCUT2D eigenvalue weighted by atomic mass is 16.7. The number of pyridine rings is 1. The van der Waals surface area contributed by atoms with Crippen LogP contribution < -0.4 is 0 Å². The van der Waals surface area contributed by atoms with Gasteiger partial charge in [0.15, 0.2) is 5.82 Å². The lowest BCUT2D eigenvalue weighted by Gasteiger charge is -2.12. The molecule has 0 N–H and O–H groups in total. The second kappa shape index (κ2) is 5.47. The smallest absolute Gasteiger partial charge is 0.200 e. The van der Waals surface area contributed by atoms with Crippen molar-refractivity contribution in [1.29, 1.82) is 0 Å². The molecule has 0 atom stereocenters. The van der Waals surface area contributed by atoms with Crippen LogP contribution in [0.3, 0.4) is 0 Å². The molecule has 0 aliphatic carbocycles. The zero-order chi connectivity index (χ0) is 12.1. The topological polar surface area (TPSA) is 57.1 Å². The van der Waals surface area contributed by atoms with Gasteiger partial charge in [-0.2, -0.15) is 0 Å². The van der Waals surface area contributed by atoms with Crippen molar-refractivity contribution >= 4 is 0 Å². The normalized spacial score (nSPS) is 10.8. The second-order valence-corrected chi connectivity index (χ2v) is 3.34. The Hall–Kier alpha value is -1.85. The summed E-state index contributed by atoms with van der Waals surface area (Å²) in [6.07, 6.45) is 4.62. The third kappa shape index (κ3) is 2.64. The highest BCUT2D eigenvalue weighted by Gasteiger charge is 2.11. The van der Waals surface area contributed by atoms with Crippen LogP contribution in [0.2, 0.25) is 0 Å². The highest BCUT2D eigenvalue weighted by Crippen LogP contribution is 2.18. The summed E-state index contributed by atoms with van der Waals surface area (Å²) in [6.45, 7) is 0. The summed E-state index contributed by atoms with van der Waals surface area (Å²) in [7, 11) is 3.14. The van der Waals surface area contributed by atoms with Crippen molar-refractivity contribution in [2.45, 2.75) is 6.29 Å². The molecule has 0 aromatic carbocycles. The van der Waals surface area contributed by atoms with Crippen molar-refractivity contribution < 1.29 is 9.47 Å². The Morgan fingerprint density at radius 1 is 1.00 bits per heavy atom. The molecule has 0 aliphatic heterocycles. The van der Waals surface area contributed by atoms with Crippen LogP contribution in [0.4, 0.5) is 0 Å². The second-order valence-electron chi connectivity index (χ2n) is 3.34. The van der Waals surface area contributed by atoms with Crippen LogP contribution in [0.15, 0.2) is 36.8 Å². The fourth-order valence-corrected chi connectivity index (χ4v) is 1.48. The molecular formula is C12H13N3O2. The third-order valence-corrected chi connectivity index (χ3v) is 2.29. The van der Waals surface area contributed by atoms with Crippen LogP contribution in [0.5, 0.6) is 0 Å². The van der Waals surface area contributed by atoms with E-state index in [-0.39, 0.29) is 0 Å². The average molecular weight is 231 g/mol. The molecule has 0 spiro atoms. The van der Waals surface area contributed by atoms with E-state index in [4.69, 9.17) is 9.47 Å². The van der Waals surface area contributed by atoms with Crippen LogP contribution in [-0.2, 0) is 9.47 Å². The molecule has 0 radical (unpaired) electrons. The molecule has 0 aliphatic rings. The number of methoxy groups -OCH3 is 2. The fourth-order valence-electron chi connectivity index (χ4n) is 1.48. The van der Waals surface area contributed by atoms with Gasteiger partial charge in [-0.05, 0) is 18.2 Å². The Morgan fingerprint density at radius 2 is 1.71 bits per heavy atom. The molecule has 0 bridgehead atoms. The van der Waals surface area contributed by atoms with E-state index in [0.717, 1.165) is 5.56 Å². The summed E-state index contributed by atoms with van der Waals surface area (Å²) in [5, 5.41) is 0. The van der Waals surface area contributed by atoms with Gasteiger partial charge >= 0.3 is 0 Å². The zero-order valence-corrected chi connectivity index (χ0v) is 9.70. The van der Waals surface area contributed by atoms with E-state index in [2.05, 4.69) is 15.0 Å². The van der Waals surface area contributed by atoms with E-state index in [0.29, 0.717) is 11.5 Å². The van der Waals surface area contributed by atoms with E-state index in [1.165, 1.54) is 0 Å². The molecule has 0 fully saturated rings. The van der Waals surface area contributed by atoms with Crippen LogP contribution in [0.1, 0.15) is 12.0 Å². The molecule has 5 nitrogen and oxygen atoms in total. The summed E-state index contributed by atoms with van der Waals surface area (Å²) in [5.74, 6) is 0.629. The first-order valence-electron chi connectivity index (χ1n) is 5.14. The van der Waals surface area contributed by atoms with Crippen molar-refractivity contribution in [3.63, 3.8) is 0 Å². The standard InChI is InChI=1S/C12H13N3O2/c1-16-12(17-2)10-5-8-14-11(15-10)9-3-6-13-7-4-9/h3-8,12H,1-2H3. The van der Waals surface area contributed by atoms with Gasteiger partial charge < -0.3 is 9.47 Å². The number of aromatic nitrogens is 3. The molecule has 5 heteroatoms. The number of rotatable bonds is 4. The Balaban J connectivity index is 2.35. The van der Waals surface area contributed by atoms with Gasteiger partial charge in [-0.3, -0.25) is 4.98 Å². The highest BCUT2D eigenvalue weighted by molar-refractivity contribution is 5.53. The van der Waals surface area contributed by atoms with Crippen molar-refractivity contribution in [1.82, 2.24) is 15.0 Å². The molecule has 2 aromatic heterocycles. The zero-order valence-electron chi connectivity index (χ0n) is 9.70. The monoisotopic (exact) mass is 231 g/mol. The minimum absolute atomic E-state index is 0.474. The Morgan fingerprint density at radius 3 is 2.35 bits per heavy atom. The van der Waals surface area contributed by atoms with E-state index in [1.807, 2.05) is 12.1 Å². The van der Waals surface area contributed by atoms with E-state index in [1.54, 1.807) is 38.9 Å². The predicted molar refractivity (Wildman–Crippen MR) is 62.0 cm³/mol. The lowest BCUT2D eigenvalue weighted by atomic mass is 10.2. The first-order chi connectivity index (χ1) is 8.35. The summed E-state index contributed by atoms with van der Waals surface area (Å²) < 4.78 is 10.3. The maximum atomic E-state index is 5.15. The molecule has 0 saturated carbocycles. The molecule has 2 heterocycles. The number of hydrogen-bond donors (Lipinski definition) is 0. The van der Waals surface area contributed by atoms with E-state index in [9.17, 15) is 0 Å². The average Bonchev–Trinajstić information content (AvgIpc) is 2.42. The van der Waals surface area contributed by atoms with Crippen molar-refractivity contribution in [2.24, 2.45) is 0 Å². The van der Waals surface area contributed by atoms with Gasteiger partial charge in [0.2, 0.25) is 6.29 Å². The summed E-state index contributed by atoms with van der Waals surface area (Å²) in [6, 6.07) is 5.48. The minimum atomic E-state index is -0.474. The first-order valence-corrected chi connectivity index (χ1v) is 5.14. The number of nitrogens with zero attached hydrogens (tertiary/aromatic N) is 3. The molecule has 17 heavy (non-hydrogen) atoms. The summed E-state index contributed by atoms with van der Waals surface area (Å²) >= 11 is 0. The molecule has 0 unspecified atom stereocenters. The first kappa shape index (κ1) is 11.6. The fraction of sp³-hybridized carbons (Fsp3) is 0.250. The minimum Gasteiger partial charge on any atom is -0.350 e. The van der Waals surface area contributed by atoms with Crippen LogP contribution in [0, 0.1) is 0 Å². The van der Waals surface area contributed by atoms with Crippen LogP contribution >= 0.6 is 0 Å². The summed E-state index contributed by atoms with van der Waals surface area (Å²) in [4.78, 5) is 12.6. The van der Waals surface area contributed by atoms with E-state index < -0.39 is 6.29 Å². The molecule has 0 saturated heterocycles. The molecule has 2 rings (SSSR count). The van der Waals surface area contributed by atoms with Crippen molar-refractivity contribution in [3.8, 4) is 11.4 Å². The van der Waals surface area contributed by atoms with Crippen LogP contribution in [-0.4, -0.2) is 29.2 Å². The largest absolute Gasteiger partial charge is 0.350 e. The van der Waals surface area contributed by atoms with Gasteiger partial charge in [-0.25, -0.2) is 9.97 Å². The van der Waals surface area contributed by atoms with Crippen molar-refractivity contribution in [3.05, 3.63) is 42.5 Å². The molecule has 88 valence electrons. The Bertz CT molecular complexity index is 472. The van der Waals surface area contributed by atoms with Crippen molar-refractivity contribution in [2.75, 3.05) is 14.2 Å². The SMILES string of the molecule is COC(OC)c1ccnc(-c2ccncc2)n1. The predicted octanol–water partition coefficient (Wildman–Crippen LogP) is 1.83. The van der Waals surface area contributed by atoms with Gasteiger partial charge in [-0.1, -0.05) is 0 Å². The maximum Gasteiger partial charge on any atom is 0.200 e. The Labute approximate surface area is 99.5 Å². The maximum absolute atomic E-state index is 5.15. The number of ether oxygens (including phenoxy) is 2. The lowest BCUT2D eigenvalue weighted by molar-refractivity contribution is -0.108. The van der Waals surface area contributed by atoms with Gasteiger partial charge in [0.05, 0.1) is 0 Å². The Kier molecular flexibility index (Phi) is 3.74.